The number of nitrogens with two attached hydrogens (primary N) is 1. The van der Waals surface area contributed by atoms with Crippen molar-refractivity contribution in [2.24, 2.45) is 5.73 Å². The molecule has 1 unspecified atom stereocenters. The van der Waals surface area contributed by atoms with Crippen molar-refractivity contribution >= 4 is 16.9 Å². The van der Waals surface area contributed by atoms with Crippen molar-refractivity contribution in [1.29, 1.82) is 0 Å². The molecule has 10 nitrogen and oxygen atoms in total. The van der Waals surface area contributed by atoms with Crippen LogP contribution in [0.15, 0.2) is 73.7 Å². The van der Waals surface area contributed by atoms with Gasteiger partial charge in [-0.3, -0.25) is 4.68 Å². The Kier molecular flexibility index (Phi) is 6.13. The van der Waals surface area contributed by atoms with E-state index in [4.69, 9.17) is 5.73 Å². The monoisotopic (exact) mass is 551 g/mol. The fourth-order valence-electron chi connectivity index (χ4n) is 5.55. The second-order valence-corrected chi connectivity index (χ2v) is 11.0. The van der Waals surface area contributed by atoms with Gasteiger partial charge in [0.1, 0.15) is 17.7 Å². The number of fused-ring (bicyclic) bond motifs is 1. The Morgan fingerprint density at radius 1 is 0.976 bits per heavy atom. The third kappa shape index (κ3) is 4.56. The largest absolute Gasteiger partial charge is 0.391 e. The summed E-state index contributed by atoms with van der Waals surface area (Å²) in [6.07, 6.45) is 15.2. The summed E-state index contributed by atoms with van der Waals surface area (Å²) in [5, 5.41) is 18.9. The van der Waals surface area contributed by atoms with Crippen LogP contribution in [0.25, 0.3) is 22.2 Å². The molecule has 208 valence electrons. The van der Waals surface area contributed by atoms with Gasteiger partial charge < -0.3 is 15.7 Å². The third-order valence-electron chi connectivity index (χ3n) is 8.35. The van der Waals surface area contributed by atoms with E-state index < -0.39 is 5.54 Å². The van der Waals surface area contributed by atoms with E-state index in [9.17, 15) is 9.50 Å². The normalized spacial score (nSPS) is 20.5. The molecule has 4 aromatic heterocycles. The van der Waals surface area contributed by atoms with E-state index in [1.165, 1.54) is 12.1 Å². The van der Waals surface area contributed by atoms with Crippen molar-refractivity contribution in [3.05, 3.63) is 96.5 Å². The van der Waals surface area contributed by atoms with Crippen LogP contribution in [0.5, 0.6) is 0 Å². The number of aliphatic hydroxyl groups excluding tert-OH is 1. The van der Waals surface area contributed by atoms with Gasteiger partial charge in [-0.15, -0.1) is 0 Å². The molecule has 2 aliphatic rings. The maximum absolute atomic E-state index is 13.4. The smallest absolute Gasteiger partial charge is 0.156 e. The molecule has 0 bridgehead atoms. The standard InChI is InChI=1S/C30H30FN9O/c1-30(32,22-2-4-24(31)5-3-22)23-14-33-28(34-15-23)19-8-10-38(11-9-19)29-26-12-20(16-40(26)37-18-35-29)21-13-36-39(17-21)25-6-7-27(25)41/h2-5,8,12-18,25,27,41H,6-7,9-11,32H2,1H3/t25-,27-,30?/m1/s1. The van der Waals surface area contributed by atoms with Crippen molar-refractivity contribution in [3.63, 3.8) is 0 Å². The maximum Gasteiger partial charge on any atom is 0.156 e. The lowest BCUT2D eigenvalue weighted by Gasteiger charge is -2.32. The molecule has 7 rings (SSSR count). The first-order valence-electron chi connectivity index (χ1n) is 13.7. The predicted molar refractivity (Wildman–Crippen MR) is 152 cm³/mol. The molecule has 5 heterocycles. The summed E-state index contributed by atoms with van der Waals surface area (Å²) < 4.78 is 17.1. The van der Waals surface area contributed by atoms with Crippen LogP contribution < -0.4 is 10.6 Å². The summed E-state index contributed by atoms with van der Waals surface area (Å²) in [5.41, 5.74) is 11.3. The summed E-state index contributed by atoms with van der Waals surface area (Å²) >= 11 is 0. The zero-order chi connectivity index (χ0) is 28.1. The highest BCUT2D eigenvalue weighted by atomic mass is 19.1. The molecule has 41 heavy (non-hydrogen) atoms. The first-order valence-corrected chi connectivity index (χ1v) is 13.7. The molecule has 1 aliphatic heterocycles. The number of benzene rings is 1. The van der Waals surface area contributed by atoms with Crippen molar-refractivity contribution in [2.75, 3.05) is 18.0 Å². The summed E-state index contributed by atoms with van der Waals surface area (Å²) in [6.45, 7) is 3.29. The predicted octanol–water partition coefficient (Wildman–Crippen LogP) is 3.73. The molecule has 1 aliphatic carbocycles. The second-order valence-electron chi connectivity index (χ2n) is 11.0. The average molecular weight is 552 g/mol. The number of aromatic nitrogens is 7. The quantitative estimate of drug-likeness (QED) is 0.327. The minimum Gasteiger partial charge on any atom is -0.391 e. The summed E-state index contributed by atoms with van der Waals surface area (Å²) in [7, 11) is 0. The Bertz CT molecular complexity index is 1740. The Morgan fingerprint density at radius 2 is 1.78 bits per heavy atom. The van der Waals surface area contributed by atoms with E-state index in [1.807, 2.05) is 34.7 Å². The molecule has 1 fully saturated rings. The van der Waals surface area contributed by atoms with Crippen LogP contribution in [0.4, 0.5) is 10.2 Å². The van der Waals surface area contributed by atoms with Gasteiger partial charge in [-0.25, -0.2) is 23.9 Å². The lowest BCUT2D eigenvalue weighted by molar-refractivity contribution is 0.0254. The molecule has 0 saturated heterocycles. The van der Waals surface area contributed by atoms with Crippen LogP contribution in [0.3, 0.4) is 0 Å². The molecule has 0 amide bonds. The number of halogens is 1. The second kappa shape index (κ2) is 9.86. The van der Waals surface area contributed by atoms with Gasteiger partial charge in [-0.2, -0.15) is 10.2 Å². The molecular weight excluding hydrogens is 521 g/mol. The lowest BCUT2D eigenvalue weighted by atomic mass is 9.87. The fraction of sp³-hybridized carbons (Fsp3) is 0.300. The van der Waals surface area contributed by atoms with Crippen LogP contribution in [-0.2, 0) is 5.54 Å². The van der Waals surface area contributed by atoms with Gasteiger partial charge >= 0.3 is 0 Å². The van der Waals surface area contributed by atoms with Gasteiger partial charge in [0, 0.05) is 54.6 Å². The third-order valence-corrected chi connectivity index (χ3v) is 8.35. The number of anilines is 1. The molecule has 3 N–H and O–H groups in total. The first kappa shape index (κ1) is 25.5. The van der Waals surface area contributed by atoms with Crippen molar-refractivity contribution in [2.45, 2.75) is 43.9 Å². The molecule has 0 spiro atoms. The van der Waals surface area contributed by atoms with Gasteiger partial charge in [-0.05, 0) is 55.5 Å². The average Bonchev–Trinajstić information content (AvgIpc) is 3.64. The Hall–Kier alpha value is -4.48. The number of nitrogens with zero attached hydrogens (tertiary/aromatic N) is 8. The Labute approximate surface area is 236 Å². The highest BCUT2D eigenvalue weighted by Gasteiger charge is 2.31. The van der Waals surface area contributed by atoms with Gasteiger partial charge in [0.15, 0.2) is 11.6 Å². The SMILES string of the molecule is CC(N)(c1ccc(F)cc1)c1cnc(C2=CCN(c3ncnn4cc(-c5cnn([C@@H]6CC[C@H]6O)c5)cc34)CC2)nc1. The number of hydrogen-bond acceptors (Lipinski definition) is 8. The minimum absolute atomic E-state index is 0.0558. The highest BCUT2D eigenvalue weighted by molar-refractivity contribution is 5.78. The molecule has 11 heteroatoms. The van der Waals surface area contributed by atoms with E-state index in [2.05, 4.69) is 42.2 Å². The van der Waals surface area contributed by atoms with Crippen molar-refractivity contribution in [3.8, 4) is 11.1 Å². The van der Waals surface area contributed by atoms with Crippen molar-refractivity contribution in [1.82, 2.24) is 34.3 Å². The molecule has 3 atom stereocenters. The van der Waals surface area contributed by atoms with E-state index in [1.54, 1.807) is 30.9 Å². The van der Waals surface area contributed by atoms with Crippen LogP contribution in [0.1, 0.15) is 49.2 Å². The van der Waals surface area contributed by atoms with E-state index in [-0.39, 0.29) is 18.0 Å². The molecule has 1 saturated carbocycles. The van der Waals surface area contributed by atoms with Crippen LogP contribution in [0.2, 0.25) is 0 Å². The van der Waals surface area contributed by atoms with Crippen LogP contribution in [0, 0.1) is 5.82 Å². The zero-order valence-electron chi connectivity index (χ0n) is 22.6. The Morgan fingerprint density at radius 3 is 2.46 bits per heavy atom. The Balaban J connectivity index is 1.09. The van der Waals surface area contributed by atoms with Gasteiger partial charge in [-0.1, -0.05) is 18.2 Å². The minimum atomic E-state index is -0.838. The van der Waals surface area contributed by atoms with Gasteiger partial charge in [0.25, 0.3) is 0 Å². The number of aliphatic hydroxyl groups is 1. The topological polar surface area (TPSA) is 123 Å². The number of rotatable bonds is 6. The van der Waals surface area contributed by atoms with Crippen molar-refractivity contribution < 1.29 is 9.50 Å². The zero-order valence-corrected chi connectivity index (χ0v) is 22.6. The first-order chi connectivity index (χ1) is 19.9. The summed E-state index contributed by atoms with van der Waals surface area (Å²) in [6, 6.07) is 8.33. The van der Waals surface area contributed by atoms with E-state index >= 15 is 0 Å². The molecule has 5 aromatic rings. The van der Waals surface area contributed by atoms with Crippen LogP contribution >= 0.6 is 0 Å². The summed E-state index contributed by atoms with van der Waals surface area (Å²) in [5.74, 6) is 1.24. The van der Waals surface area contributed by atoms with Gasteiger partial charge in [0.05, 0.1) is 23.9 Å². The van der Waals surface area contributed by atoms with E-state index in [0.717, 1.165) is 65.0 Å². The molecule has 0 radical (unpaired) electrons. The highest BCUT2D eigenvalue weighted by Crippen LogP contribution is 2.34. The molecule has 1 aromatic carbocycles. The lowest BCUT2D eigenvalue weighted by Crippen LogP contribution is -2.34. The molecular formula is C30H30FN9O. The fourth-order valence-corrected chi connectivity index (χ4v) is 5.55. The number of hydrogen-bond donors (Lipinski definition) is 2. The van der Waals surface area contributed by atoms with Crippen LogP contribution in [-0.4, -0.2) is 58.6 Å². The maximum atomic E-state index is 13.4. The van der Waals surface area contributed by atoms with Gasteiger partial charge in [0.2, 0.25) is 0 Å². The van der Waals surface area contributed by atoms with E-state index in [0.29, 0.717) is 12.4 Å². The summed E-state index contributed by atoms with van der Waals surface area (Å²) in [4.78, 5) is 16.1.